The minimum atomic E-state index is 0.964. The van der Waals surface area contributed by atoms with E-state index in [0.717, 1.165) is 11.4 Å². The standard InChI is InChI=1S/C14H15N.CH6N2/c1-10(2)15-13-9-5-8-12-7-4-6-11(3)14(12)13;1-3-2/h4-9,15H,1H2,2-3H3;3H,2H2,1H3. The largest absolute Gasteiger partial charge is 0.359 e. The Hall–Kier alpha value is -1.84. The van der Waals surface area contributed by atoms with Gasteiger partial charge < -0.3 is 5.32 Å². The lowest BCUT2D eigenvalue weighted by Gasteiger charge is -2.11. The van der Waals surface area contributed by atoms with Crippen LogP contribution in [0, 0.1) is 6.92 Å². The van der Waals surface area contributed by atoms with Gasteiger partial charge in [0.2, 0.25) is 0 Å². The zero-order chi connectivity index (χ0) is 13.5. The number of hydrogen-bond acceptors (Lipinski definition) is 3. The molecule has 0 saturated heterocycles. The molecule has 0 atom stereocenters. The Kier molecular flexibility index (Phi) is 5.36. The number of hydrazine groups is 1. The van der Waals surface area contributed by atoms with Gasteiger partial charge in [-0.15, -0.1) is 0 Å². The maximum absolute atomic E-state index is 4.60. The molecule has 0 aliphatic carbocycles. The van der Waals surface area contributed by atoms with Gasteiger partial charge in [-0.05, 0) is 37.9 Å². The fourth-order valence-electron chi connectivity index (χ4n) is 1.86. The van der Waals surface area contributed by atoms with Crippen molar-refractivity contribution >= 4 is 16.5 Å². The van der Waals surface area contributed by atoms with Crippen LogP contribution in [0.4, 0.5) is 5.69 Å². The van der Waals surface area contributed by atoms with E-state index in [0.29, 0.717) is 0 Å². The maximum Gasteiger partial charge on any atom is 0.0463 e. The summed E-state index contributed by atoms with van der Waals surface area (Å²) in [6.45, 7) is 7.98. The summed E-state index contributed by atoms with van der Waals surface area (Å²) in [5.74, 6) is 4.60. The Balaban J connectivity index is 0.000000492. The van der Waals surface area contributed by atoms with Crippen molar-refractivity contribution in [1.29, 1.82) is 0 Å². The van der Waals surface area contributed by atoms with E-state index in [-0.39, 0.29) is 0 Å². The van der Waals surface area contributed by atoms with Crippen LogP contribution in [0.1, 0.15) is 12.5 Å². The van der Waals surface area contributed by atoms with Gasteiger partial charge in [0, 0.05) is 16.8 Å². The number of rotatable bonds is 2. The van der Waals surface area contributed by atoms with Gasteiger partial charge in [-0.2, -0.15) is 0 Å². The second kappa shape index (κ2) is 6.79. The van der Waals surface area contributed by atoms with Crippen LogP contribution in [0.15, 0.2) is 48.7 Å². The van der Waals surface area contributed by atoms with E-state index in [9.17, 15) is 0 Å². The molecular formula is C15H21N3. The van der Waals surface area contributed by atoms with Crippen LogP contribution in [-0.4, -0.2) is 7.05 Å². The van der Waals surface area contributed by atoms with Gasteiger partial charge in [0.1, 0.15) is 0 Å². The summed E-state index contributed by atoms with van der Waals surface area (Å²) < 4.78 is 0. The first-order chi connectivity index (χ1) is 8.60. The predicted octanol–water partition coefficient (Wildman–Crippen LogP) is 3.17. The molecule has 0 saturated carbocycles. The summed E-state index contributed by atoms with van der Waals surface area (Å²) >= 11 is 0. The molecule has 2 aromatic rings. The van der Waals surface area contributed by atoms with Gasteiger partial charge in [-0.25, -0.2) is 0 Å². The van der Waals surface area contributed by atoms with Crippen LogP contribution in [0.3, 0.4) is 0 Å². The number of benzene rings is 2. The van der Waals surface area contributed by atoms with Crippen molar-refractivity contribution in [2.75, 3.05) is 12.4 Å². The summed E-state index contributed by atoms with van der Waals surface area (Å²) in [6.07, 6.45) is 0. The van der Waals surface area contributed by atoms with E-state index >= 15 is 0 Å². The summed E-state index contributed by atoms with van der Waals surface area (Å²) in [5.41, 5.74) is 5.64. The number of fused-ring (bicyclic) bond motifs is 1. The van der Waals surface area contributed by atoms with Crippen LogP contribution in [0.5, 0.6) is 0 Å². The minimum Gasteiger partial charge on any atom is -0.359 e. The van der Waals surface area contributed by atoms with Gasteiger partial charge in [0.25, 0.3) is 0 Å². The molecular weight excluding hydrogens is 222 g/mol. The molecule has 0 unspecified atom stereocenters. The predicted molar refractivity (Wildman–Crippen MR) is 80.4 cm³/mol. The molecule has 0 amide bonds. The van der Waals surface area contributed by atoms with Gasteiger partial charge in [-0.3, -0.25) is 11.3 Å². The summed E-state index contributed by atoms with van der Waals surface area (Å²) in [6, 6.07) is 12.6. The molecule has 3 nitrogen and oxygen atoms in total. The zero-order valence-electron chi connectivity index (χ0n) is 11.2. The third kappa shape index (κ3) is 3.58. The van der Waals surface area contributed by atoms with Crippen molar-refractivity contribution in [1.82, 2.24) is 5.43 Å². The van der Waals surface area contributed by atoms with Crippen molar-refractivity contribution in [3.8, 4) is 0 Å². The second-order valence-electron chi connectivity index (χ2n) is 4.17. The van der Waals surface area contributed by atoms with Gasteiger partial charge in [0.05, 0.1) is 0 Å². The molecule has 0 aliphatic rings. The van der Waals surface area contributed by atoms with Crippen molar-refractivity contribution in [2.45, 2.75) is 13.8 Å². The summed E-state index contributed by atoms with van der Waals surface area (Å²) in [5, 5.41) is 5.84. The molecule has 0 heterocycles. The fraction of sp³-hybridized carbons (Fsp3) is 0.200. The van der Waals surface area contributed by atoms with E-state index in [2.05, 4.69) is 66.5 Å². The lowest BCUT2D eigenvalue weighted by Crippen LogP contribution is -2.13. The maximum atomic E-state index is 4.60. The molecule has 0 aromatic heterocycles. The molecule has 0 spiro atoms. The quantitative estimate of drug-likeness (QED) is 0.561. The smallest absolute Gasteiger partial charge is 0.0463 e. The molecule has 0 bridgehead atoms. The van der Waals surface area contributed by atoms with Crippen molar-refractivity contribution in [3.63, 3.8) is 0 Å². The third-order valence-electron chi connectivity index (χ3n) is 2.46. The second-order valence-corrected chi connectivity index (χ2v) is 4.17. The highest BCUT2D eigenvalue weighted by Crippen LogP contribution is 2.27. The van der Waals surface area contributed by atoms with Crippen molar-refractivity contribution in [3.05, 3.63) is 54.2 Å². The SMILES string of the molecule is C=C(C)Nc1cccc2cccc(C)c12.CNN. The first-order valence-corrected chi connectivity index (χ1v) is 5.88. The number of aryl methyl sites for hydroxylation is 1. The lowest BCUT2D eigenvalue weighted by molar-refractivity contribution is 0.900. The molecule has 4 N–H and O–H groups in total. The van der Waals surface area contributed by atoms with Crippen LogP contribution in [-0.2, 0) is 0 Å². The Morgan fingerprint density at radius 3 is 2.28 bits per heavy atom. The molecule has 0 fully saturated rings. The molecule has 2 rings (SSSR count). The average Bonchev–Trinajstić information content (AvgIpc) is 2.29. The van der Waals surface area contributed by atoms with Crippen LogP contribution >= 0.6 is 0 Å². The van der Waals surface area contributed by atoms with Crippen molar-refractivity contribution in [2.24, 2.45) is 5.84 Å². The lowest BCUT2D eigenvalue weighted by atomic mass is 10.0. The van der Waals surface area contributed by atoms with E-state index < -0.39 is 0 Å². The van der Waals surface area contributed by atoms with E-state index in [4.69, 9.17) is 0 Å². The molecule has 0 radical (unpaired) electrons. The molecule has 18 heavy (non-hydrogen) atoms. The first kappa shape index (κ1) is 14.2. The third-order valence-corrected chi connectivity index (χ3v) is 2.46. The Morgan fingerprint density at radius 1 is 1.17 bits per heavy atom. The van der Waals surface area contributed by atoms with E-state index in [1.165, 1.54) is 16.3 Å². The number of nitrogens with two attached hydrogens (primary N) is 1. The average molecular weight is 243 g/mol. The number of allylic oxidation sites excluding steroid dienone is 1. The van der Waals surface area contributed by atoms with Crippen LogP contribution < -0.4 is 16.6 Å². The highest BCUT2D eigenvalue weighted by atomic mass is 15.2. The monoisotopic (exact) mass is 243 g/mol. The Morgan fingerprint density at radius 2 is 1.72 bits per heavy atom. The van der Waals surface area contributed by atoms with Gasteiger partial charge >= 0.3 is 0 Å². The van der Waals surface area contributed by atoms with E-state index in [1.54, 1.807) is 7.05 Å². The fourth-order valence-corrected chi connectivity index (χ4v) is 1.86. The number of hydrogen-bond donors (Lipinski definition) is 3. The highest BCUT2D eigenvalue weighted by Gasteiger charge is 2.02. The van der Waals surface area contributed by atoms with Crippen LogP contribution in [0.2, 0.25) is 0 Å². The molecule has 96 valence electrons. The Labute approximate surface area is 109 Å². The molecule has 0 aliphatic heterocycles. The summed E-state index contributed by atoms with van der Waals surface area (Å²) in [4.78, 5) is 0. The van der Waals surface area contributed by atoms with Crippen molar-refractivity contribution < 1.29 is 0 Å². The minimum absolute atomic E-state index is 0.964. The Bertz CT molecular complexity index is 527. The first-order valence-electron chi connectivity index (χ1n) is 5.88. The normalized spacial score (nSPS) is 9.56. The number of nitrogens with one attached hydrogen (secondary N) is 2. The molecule has 2 aromatic carbocycles. The highest BCUT2D eigenvalue weighted by molar-refractivity contribution is 5.96. The van der Waals surface area contributed by atoms with Crippen LogP contribution in [0.25, 0.3) is 10.8 Å². The zero-order valence-corrected chi connectivity index (χ0v) is 11.2. The van der Waals surface area contributed by atoms with Gasteiger partial charge in [-0.1, -0.05) is 36.9 Å². The van der Waals surface area contributed by atoms with E-state index in [1.807, 2.05) is 6.92 Å². The molecule has 3 heteroatoms. The number of anilines is 1. The van der Waals surface area contributed by atoms with Gasteiger partial charge in [0.15, 0.2) is 0 Å². The topological polar surface area (TPSA) is 50.1 Å². The summed E-state index contributed by atoms with van der Waals surface area (Å²) in [7, 11) is 1.65.